The maximum Gasteiger partial charge on any atom is 0.229 e. The average molecular weight is 273 g/mol. The van der Waals surface area contributed by atoms with E-state index in [4.69, 9.17) is 9.47 Å². The molecule has 0 saturated heterocycles. The van der Waals surface area contributed by atoms with Crippen LogP contribution >= 0.6 is 0 Å². The van der Waals surface area contributed by atoms with E-state index in [9.17, 15) is 0 Å². The summed E-state index contributed by atoms with van der Waals surface area (Å²) >= 11 is 0. The molecule has 0 aliphatic heterocycles. The number of nitrogens with one attached hydrogen (secondary N) is 1. The van der Waals surface area contributed by atoms with Crippen LogP contribution in [0.15, 0.2) is 30.3 Å². The molecule has 0 fully saturated rings. The van der Waals surface area contributed by atoms with Crippen LogP contribution in [0.1, 0.15) is 24.1 Å². The highest BCUT2D eigenvalue weighted by molar-refractivity contribution is 5.38. The number of ether oxygens (including phenoxy) is 2. The number of hydrogen-bond acceptors (Lipinski definition) is 5. The van der Waals surface area contributed by atoms with Gasteiger partial charge >= 0.3 is 0 Å². The number of rotatable bonds is 5. The Morgan fingerprint density at radius 2 is 1.65 bits per heavy atom. The van der Waals surface area contributed by atoms with Crippen molar-refractivity contribution in [1.29, 1.82) is 0 Å². The van der Waals surface area contributed by atoms with Crippen molar-refractivity contribution >= 4 is 5.95 Å². The second-order valence-electron chi connectivity index (χ2n) is 4.50. The molecule has 5 heteroatoms. The minimum absolute atomic E-state index is 0.0908. The lowest BCUT2D eigenvalue weighted by Crippen LogP contribution is -2.11. The van der Waals surface area contributed by atoms with Crippen LogP contribution in [0, 0.1) is 6.92 Å². The molecule has 0 spiro atoms. The third-order valence-corrected chi connectivity index (χ3v) is 3.10. The third-order valence-electron chi connectivity index (χ3n) is 3.10. The zero-order valence-corrected chi connectivity index (χ0v) is 12.2. The summed E-state index contributed by atoms with van der Waals surface area (Å²) in [5, 5.41) is 3.27. The molecule has 0 saturated carbocycles. The average Bonchev–Trinajstić information content (AvgIpc) is 2.47. The van der Waals surface area contributed by atoms with Crippen LogP contribution in [0.2, 0.25) is 0 Å². The minimum atomic E-state index is 0.0908. The van der Waals surface area contributed by atoms with Gasteiger partial charge in [0.2, 0.25) is 17.7 Å². The lowest BCUT2D eigenvalue weighted by atomic mass is 10.0. The van der Waals surface area contributed by atoms with Gasteiger partial charge in [-0.3, -0.25) is 0 Å². The molecular formula is C15H19N3O2. The highest BCUT2D eigenvalue weighted by atomic mass is 16.5. The Kier molecular flexibility index (Phi) is 4.40. The highest BCUT2D eigenvalue weighted by Crippen LogP contribution is 2.23. The molecule has 0 aliphatic rings. The number of nitrogens with zero attached hydrogens (tertiary/aromatic N) is 2. The van der Waals surface area contributed by atoms with Crippen molar-refractivity contribution in [3.05, 3.63) is 41.5 Å². The van der Waals surface area contributed by atoms with E-state index in [1.807, 2.05) is 12.1 Å². The monoisotopic (exact) mass is 273 g/mol. The van der Waals surface area contributed by atoms with E-state index in [0.717, 1.165) is 0 Å². The van der Waals surface area contributed by atoms with E-state index >= 15 is 0 Å². The van der Waals surface area contributed by atoms with Crippen molar-refractivity contribution in [2.45, 2.75) is 19.9 Å². The Bertz CT molecular complexity index is 565. The number of benzene rings is 1. The Balaban J connectivity index is 2.23. The fourth-order valence-electron chi connectivity index (χ4n) is 2.02. The van der Waals surface area contributed by atoms with Gasteiger partial charge in [0.1, 0.15) is 0 Å². The van der Waals surface area contributed by atoms with E-state index in [1.54, 1.807) is 20.3 Å². The molecule has 2 rings (SSSR count). The molecule has 1 atom stereocenters. The first kappa shape index (κ1) is 14.1. The first-order valence-corrected chi connectivity index (χ1v) is 6.43. The summed E-state index contributed by atoms with van der Waals surface area (Å²) in [6.45, 7) is 4.15. The second kappa shape index (κ2) is 6.23. The standard InChI is InChI=1S/C15H19N3O2/c1-10-7-5-6-8-12(10)11(2)16-15-17-13(19-3)9-14(18-15)20-4/h5-9,11H,1-4H3,(H,16,17,18). The van der Waals surface area contributed by atoms with Gasteiger partial charge in [0.25, 0.3) is 0 Å². The molecule has 1 heterocycles. The highest BCUT2D eigenvalue weighted by Gasteiger charge is 2.11. The smallest absolute Gasteiger partial charge is 0.229 e. The summed E-state index contributed by atoms with van der Waals surface area (Å²) in [4.78, 5) is 8.54. The van der Waals surface area contributed by atoms with Crippen molar-refractivity contribution in [2.75, 3.05) is 19.5 Å². The molecule has 20 heavy (non-hydrogen) atoms. The van der Waals surface area contributed by atoms with Crippen LogP contribution in [0.4, 0.5) is 5.95 Å². The molecular weight excluding hydrogens is 254 g/mol. The Hall–Kier alpha value is -2.30. The SMILES string of the molecule is COc1cc(OC)nc(NC(C)c2ccccc2C)n1. The number of aryl methyl sites for hydroxylation is 1. The van der Waals surface area contributed by atoms with Gasteiger partial charge in [0.15, 0.2) is 0 Å². The molecule has 1 aromatic carbocycles. The molecule has 0 bridgehead atoms. The second-order valence-corrected chi connectivity index (χ2v) is 4.50. The molecule has 5 nitrogen and oxygen atoms in total. The largest absolute Gasteiger partial charge is 0.481 e. The van der Waals surface area contributed by atoms with Gasteiger partial charge in [-0.15, -0.1) is 0 Å². The molecule has 1 aromatic heterocycles. The fraction of sp³-hybridized carbons (Fsp3) is 0.333. The summed E-state index contributed by atoms with van der Waals surface area (Å²) in [6.07, 6.45) is 0. The Morgan fingerprint density at radius 3 is 2.20 bits per heavy atom. The summed E-state index contributed by atoms with van der Waals surface area (Å²) in [6, 6.07) is 9.95. The van der Waals surface area contributed by atoms with E-state index in [0.29, 0.717) is 17.7 Å². The summed E-state index contributed by atoms with van der Waals surface area (Å²) in [7, 11) is 3.13. The molecule has 2 aromatic rings. The quantitative estimate of drug-likeness (QED) is 0.907. The number of anilines is 1. The summed E-state index contributed by atoms with van der Waals surface area (Å²) in [5.41, 5.74) is 2.43. The fourth-order valence-corrected chi connectivity index (χ4v) is 2.02. The van der Waals surface area contributed by atoms with Crippen molar-refractivity contribution in [3.8, 4) is 11.8 Å². The molecule has 0 amide bonds. The normalized spacial score (nSPS) is 11.8. The van der Waals surface area contributed by atoms with Gasteiger partial charge < -0.3 is 14.8 Å². The predicted octanol–water partition coefficient (Wildman–Crippen LogP) is 2.98. The van der Waals surface area contributed by atoms with Crippen molar-refractivity contribution < 1.29 is 9.47 Å². The maximum absolute atomic E-state index is 5.14. The van der Waals surface area contributed by atoms with Crippen LogP contribution < -0.4 is 14.8 Å². The van der Waals surface area contributed by atoms with Crippen LogP contribution in [-0.2, 0) is 0 Å². The Morgan fingerprint density at radius 1 is 1.05 bits per heavy atom. The number of hydrogen-bond donors (Lipinski definition) is 1. The van der Waals surface area contributed by atoms with Gasteiger partial charge in [0.05, 0.1) is 26.3 Å². The van der Waals surface area contributed by atoms with Gasteiger partial charge in [-0.1, -0.05) is 24.3 Å². The molecule has 1 unspecified atom stereocenters. The van der Waals surface area contributed by atoms with E-state index in [2.05, 4.69) is 41.3 Å². The predicted molar refractivity (Wildman–Crippen MR) is 78.4 cm³/mol. The van der Waals surface area contributed by atoms with E-state index in [1.165, 1.54) is 11.1 Å². The van der Waals surface area contributed by atoms with Gasteiger partial charge in [0, 0.05) is 0 Å². The zero-order valence-electron chi connectivity index (χ0n) is 12.2. The molecule has 106 valence electrons. The minimum Gasteiger partial charge on any atom is -0.481 e. The number of methoxy groups -OCH3 is 2. The first-order chi connectivity index (χ1) is 9.63. The van der Waals surface area contributed by atoms with Crippen molar-refractivity contribution in [1.82, 2.24) is 9.97 Å². The van der Waals surface area contributed by atoms with Gasteiger partial charge in [-0.25, -0.2) is 0 Å². The van der Waals surface area contributed by atoms with Crippen LogP contribution in [0.25, 0.3) is 0 Å². The Labute approximate surface area is 119 Å². The zero-order chi connectivity index (χ0) is 14.5. The van der Waals surface area contributed by atoms with Gasteiger partial charge in [-0.05, 0) is 25.0 Å². The third kappa shape index (κ3) is 3.17. The van der Waals surface area contributed by atoms with E-state index < -0.39 is 0 Å². The van der Waals surface area contributed by atoms with Crippen LogP contribution in [0.3, 0.4) is 0 Å². The van der Waals surface area contributed by atoms with E-state index in [-0.39, 0.29) is 6.04 Å². The molecule has 0 aliphatic carbocycles. The lowest BCUT2D eigenvalue weighted by molar-refractivity contribution is 0.372. The molecule has 1 N–H and O–H groups in total. The van der Waals surface area contributed by atoms with Crippen molar-refractivity contribution in [3.63, 3.8) is 0 Å². The lowest BCUT2D eigenvalue weighted by Gasteiger charge is -2.17. The van der Waals surface area contributed by atoms with Gasteiger partial charge in [-0.2, -0.15) is 9.97 Å². The first-order valence-electron chi connectivity index (χ1n) is 6.43. The number of aromatic nitrogens is 2. The maximum atomic E-state index is 5.14. The van der Waals surface area contributed by atoms with Crippen LogP contribution in [0.5, 0.6) is 11.8 Å². The van der Waals surface area contributed by atoms with Crippen LogP contribution in [-0.4, -0.2) is 24.2 Å². The summed E-state index contributed by atoms with van der Waals surface area (Å²) < 4.78 is 10.3. The topological polar surface area (TPSA) is 56.3 Å². The summed E-state index contributed by atoms with van der Waals surface area (Å²) in [5.74, 6) is 1.42. The molecule has 0 radical (unpaired) electrons. The van der Waals surface area contributed by atoms with Crippen molar-refractivity contribution in [2.24, 2.45) is 0 Å².